The molecule has 2 rings (SSSR count). The number of hydrogen-bond acceptors (Lipinski definition) is 3. The third-order valence-electron chi connectivity index (χ3n) is 3.43. The van der Waals surface area contributed by atoms with Crippen LogP contribution in [0.1, 0.15) is 60.4 Å². The van der Waals surface area contributed by atoms with Gasteiger partial charge in [0.25, 0.3) is 11.8 Å². The maximum Gasteiger partial charge on any atom is 0.287 e. The highest BCUT2D eigenvalue weighted by Crippen LogP contribution is 2.21. The number of carbonyl (C=O) groups excluding carboxylic acids is 2. The summed E-state index contributed by atoms with van der Waals surface area (Å²) in [5.74, 6) is -0.172. The molecule has 0 saturated heterocycles. The molecule has 1 aromatic heterocycles. The number of nitrogens with zero attached hydrogens (tertiary/aromatic N) is 2. The van der Waals surface area contributed by atoms with E-state index in [9.17, 15) is 9.59 Å². The quantitative estimate of drug-likeness (QED) is 0.831. The normalized spacial score (nSPS) is 14.1. The molecule has 0 radical (unpaired) electrons. The zero-order valence-corrected chi connectivity index (χ0v) is 13.5. The Morgan fingerprint density at radius 2 is 2.05 bits per heavy atom. The van der Waals surface area contributed by atoms with Crippen molar-refractivity contribution in [1.29, 1.82) is 0 Å². The molecule has 22 heavy (non-hydrogen) atoms. The second-order valence-corrected chi connectivity index (χ2v) is 6.54. The fourth-order valence-corrected chi connectivity index (χ4v) is 2.54. The van der Waals surface area contributed by atoms with E-state index in [4.69, 9.17) is 0 Å². The number of nitrogens with one attached hydrogen (secondary N) is 2. The molecule has 2 heterocycles. The average molecular weight is 304 g/mol. The van der Waals surface area contributed by atoms with Gasteiger partial charge in [-0.25, -0.2) is 4.98 Å². The highest BCUT2D eigenvalue weighted by atomic mass is 16.2. The van der Waals surface area contributed by atoms with E-state index in [1.165, 1.54) is 0 Å². The average Bonchev–Trinajstić information content (AvgIpc) is 2.82. The van der Waals surface area contributed by atoms with Crippen molar-refractivity contribution >= 4 is 11.8 Å². The summed E-state index contributed by atoms with van der Waals surface area (Å²) in [6.45, 7) is 10.5. The van der Waals surface area contributed by atoms with Crippen LogP contribution in [0.5, 0.6) is 0 Å². The SMILES string of the molecule is C=CCNC(=O)c1nc(C(=O)NC(C)(C)C)c2n1CCCC2. The first-order valence-corrected chi connectivity index (χ1v) is 7.64. The lowest BCUT2D eigenvalue weighted by Crippen LogP contribution is -2.41. The number of aromatic nitrogens is 2. The van der Waals surface area contributed by atoms with Crippen LogP contribution in [0.2, 0.25) is 0 Å². The number of imidazole rings is 1. The van der Waals surface area contributed by atoms with Crippen molar-refractivity contribution in [3.05, 3.63) is 29.9 Å². The summed E-state index contributed by atoms with van der Waals surface area (Å²) < 4.78 is 1.87. The van der Waals surface area contributed by atoms with Gasteiger partial charge in [-0.1, -0.05) is 6.08 Å². The molecular formula is C16H24N4O2. The monoisotopic (exact) mass is 304 g/mol. The Morgan fingerprint density at radius 1 is 1.32 bits per heavy atom. The second kappa shape index (κ2) is 6.34. The van der Waals surface area contributed by atoms with E-state index < -0.39 is 0 Å². The largest absolute Gasteiger partial charge is 0.346 e. The molecule has 1 aromatic rings. The van der Waals surface area contributed by atoms with Gasteiger partial charge < -0.3 is 15.2 Å². The van der Waals surface area contributed by atoms with Gasteiger partial charge in [0.15, 0.2) is 5.82 Å². The number of fused-ring (bicyclic) bond motifs is 1. The van der Waals surface area contributed by atoms with E-state index in [1.807, 2.05) is 25.3 Å². The first kappa shape index (κ1) is 16.3. The first-order valence-electron chi connectivity index (χ1n) is 7.64. The lowest BCUT2D eigenvalue weighted by molar-refractivity contribution is 0.0913. The minimum Gasteiger partial charge on any atom is -0.346 e. The Morgan fingerprint density at radius 3 is 2.68 bits per heavy atom. The van der Waals surface area contributed by atoms with Crippen LogP contribution in [-0.4, -0.2) is 33.4 Å². The van der Waals surface area contributed by atoms with Crippen LogP contribution in [0.4, 0.5) is 0 Å². The molecule has 0 saturated carbocycles. The maximum absolute atomic E-state index is 12.4. The maximum atomic E-state index is 12.4. The molecule has 0 spiro atoms. The third kappa shape index (κ3) is 3.55. The minimum atomic E-state index is -0.340. The van der Waals surface area contributed by atoms with Gasteiger partial charge in [0.1, 0.15) is 5.69 Å². The molecule has 0 fully saturated rings. The van der Waals surface area contributed by atoms with Crippen LogP contribution in [0, 0.1) is 0 Å². The van der Waals surface area contributed by atoms with Gasteiger partial charge in [-0.3, -0.25) is 9.59 Å². The van der Waals surface area contributed by atoms with Crippen LogP contribution < -0.4 is 10.6 Å². The molecule has 1 aliphatic heterocycles. The van der Waals surface area contributed by atoms with Crippen molar-refractivity contribution in [1.82, 2.24) is 20.2 Å². The van der Waals surface area contributed by atoms with E-state index in [1.54, 1.807) is 6.08 Å². The standard InChI is InChI=1S/C16H24N4O2/c1-5-9-17-15(22)13-18-12(14(21)19-16(2,3)4)11-8-6-7-10-20(11)13/h5H,1,6-10H2,2-4H3,(H,17,22)(H,19,21). The Kier molecular flexibility index (Phi) is 4.68. The zero-order valence-electron chi connectivity index (χ0n) is 13.5. The van der Waals surface area contributed by atoms with Crippen molar-refractivity contribution in [3.63, 3.8) is 0 Å². The van der Waals surface area contributed by atoms with Gasteiger partial charge in [0.2, 0.25) is 0 Å². The smallest absolute Gasteiger partial charge is 0.287 e. The number of amides is 2. The summed E-state index contributed by atoms with van der Waals surface area (Å²) in [6, 6.07) is 0. The summed E-state index contributed by atoms with van der Waals surface area (Å²) in [5.41, 5.74) is 0.892. The predicted molar refractivity (Wildman–Crippen MR) is 84.9 cm³/mol. The molecule has 0 atom stereocenters. The molecule has 1 aliphatic rings. The fourth-order valence-electron chi connectivity index (χ4n) is 2.54. The van der Waals surface area contributed by atoms with E-state index in [0.29, 0.717) is 18.1 Å². The molecule has 0 bridgehead atoms. The fraction of sp³-hybridized carbons (Fsp3) is 0.562. The van der Waals surface area contributed by atoms with Gasteiger partial charge in [-0.2, -0.15) is 0 Å². The van der Waals surface area contributed by atoms with E-state index in [-0.39, 0.29) is 17.4 Å². The lowest BCUT2D eigenvalue weighted by Gasteiger charge is -2.21. The van der Waals surface area contributed by atoms with Crippen LogP contribution in [-0.2, 0) is 13.0 Å². The van der Waals surface area contributed by atoms with E-state index in [0.717, 1.165) is 31.5 Å². The van der Waals surface area contributed by atoms with Gasteiger partial charge >= 0.3 is 0 Å². The predicted octanol–water partition coefficient (Wildman–Crippen LogP) is 1.66. The molecule has 2 amide bonds. The highest BCUT2D eigenvalue weighted by Gasteiger charge is 2.28. The van der Waals surface area contributed by atoms with Crippen LogP contribution in [0.3, 0.4) is 0 Å². The number of hydrogen-bond donors (Lipinski definition) is 2. The Balaban J connectivity index is 2.35. The molecule has 0 aliphatic carbocycles. The Bertz CT molecular complexity index is 596. The Hall–Kier alpha value is -2.11. The second-order valence-electron chi connectivity index (χ2n) is 6.54. The highest BCUT2D eigenvalue weighted by molar-refractivity contribution is 5.97. The Labute approximate surface area is 131 Å². The third-order valence-corrected chi connectivity index (χ3v) is 3.43. The van der Waals surface area contributed by atoms with Gasteiger partial charge in [0, 0.05) is 18.6 Å². The molecule has 0 aromatic carbocycles. The molecule has 0 unspecified atom stereocenters. The topological polar surface area (TPSA) is 76.0 Å². The van der Waals surface area contributed by atoms with Crippen LogP contribution in [0.25, 0.3) is 0 Å². The van der Waals surface area contributed by atoms with Gasteiger partial charge in [0.05, 0.1) is 5.69 Å². The van der Waals surface area contributed by atoms with Gasteiger partial charge in [-0.15, -0.1) is 6.58 Å². The molecule has 120 valence electrons. The molecule has 6 nitrogen and oxygen atoms in total. The van der Waals surface area contributed by atoms with E-state index in [2.05, 4.69) is 22.2 Å². The van der Waals surface area contributed by atoms with Crippen LogP contribution >= 0.6 is 0 Å². The first-order chi connectivity index (χ1) is 10.3. The van der Waals surface area contributed by atoms with Crippen molar-refractivity contribution in [2.24, 2.45) is 0 Å². The van der Waals surface area contributed by atoms with Crippen molar-refractivity contribution in [2.75, 3.05) is 6.54 Å². The van der Waals surface area contributed by atoms with Gasteiger partial charge in [-0.05, 0) is 40.0 Å². The molecule has 2 N–H and O–H groups in total. The minimum absolute atomic E-state index is 0.221. The molecule has 6 heteroatoms. The van der Waals surface area contributed by atoms with Crippen LogP contribution in [0.15, 0.2) is 12.7 Å². The van der Waals surface area contributed by atoms with Crippen molar-refractivity contribution in [2.45, 2.75) is 52.1 Å². The number of rotatable bonds is 4. The zero-order chi connectivity index (χ0) is 16.3. The summed E-state index contributed by atoms with van der Waals surface area (Å²) in [7, 11) is 0. The van der Waals surface area contributed by atoms with Crippen molar-refractivity contribution < 1.29 is 9.59 Å². The summed E-state index contributed by atoms with van der Waals surface area (Å²) in [6.07, 6.45) is 4.39. The summed E-state index contributed by atoms with van der Waals surface area (Å²) in [5, 5.41) is 5.65. The van der Waals surface area contributed by atoms with E-state index >= 15 is 0 Å². The van der Waals surface area contributed by atoms with Crippen molar-refractivity contribution in [3.8, 4) is 0 Å². The summed E-state index contributed by atoms with van der Waals surface area (Å²) in [4.78, 5) is 29.0. The summed E-state index contributed by atoms with van der Waals surface area (Å²) >= 11 is 0. The number of carbonyl (C=O) groups is 2. The molecular weight excluding hydrogens is 280 g/mol. The lowest BCUT2D eigenvalue weighted by atomic mass is 10.1.